The third-order valence-electron chi connectivity index (χ3n) is 6.08. The number of carbonyl (C=O) groups is 3. The van der Waals surface area contributed by atoms with E-state index in [-0.39, 0.29) is 17.2 Å². The highest BCUT2D eigenvalue weighted by atomic mass is 32.2. The first-order valence-corrected chi connectivity index (χ1v) is 12.3. The minimum absolute atomic E-state index is 0.151. The minimum Gasteiger partial charge on any atom is -0.322 e. The fourth-order valence-electron chi connectivity index (χ4n) is 3.91. The van der Waals surface area contributed by atoms with Crippen LogP contribution in [0.1, 0.15) is 45.6 Å². The Morgan fingerprint density at radius 2 is 1.80 bits per heavy atom. The number of imide groups is 1. The van der Waals surface area contributed by atoms with Gasteiger partial charge in [0.1, 0.15) is 5.54 Å². The molecule has 1 atom stereocenters. The largest absolute Gasteiger partial charge is 0.344 e. The summed E-state index contributed by atoms with van der Waals surface area (Å²) >= 11 is 1.06. The van der Waals surface area contributed by atoms with Gasteiger partial charge in [0.05, 0.1) is 22.3 Å². The number of aromatic nitrogens is 2. The number of hydrogen-bond acceptors (Lipinski definition) is 6. The number of para-hydroxylation sites is 2. The summed E-state index contributed by atoms with van der Waals surface area (Å²) in [6.07, 6.45) is 0.390. The standard InChI is InChI=1S/C25H27N5O4S/c1-5-25(4)22(33)30(23(34)27-25)28-20(31)14-35-24-26-18-12-8-6-11-17(18)21(32)29(24)19-13-9-7-10-16(19)15(2)3/h6-13,15H,5,14H2,1-4H3,(H,27,34)(H,28,31). The zero-order chi connectivity index (χ0) is 25.3. The van der Waals surface area contributed by atoms with Crippen LogP contribution in [0.3, 0.4) is 0 Å². The number of carbonyl (C=O) groups excluding carboxylic acids is 3. The van der Waals surface area contributed by atoms with Gasteiger partial charge < -0.3 is 5.32 Å². The smallest absolute Gasteiger partial charge is 0.322 e. The van der Waals surface area contributed by atoms with Crippen LogP contribution in [0.4, 0.5) is 4.79 Å². The summed E-state index contributed by atoms with van der Waals surface area (Å²) in [6, 6.07) is 14.0. The van der Waals surface area contributed by atoms with Crippen LogP contribution in [-0.4, -0.2) is 43.7 Å². The lowest BCUT2D eigenvalue weighted by Gasteiger charge is -2.20. The molecule has 10 heteroatoms. The number of nitrogens with one attached hydrogen (secondary N) is 2. The Morgan fingerprint density at radius 3 is 2.49 bits per heavy atom. The third-order valence-corrected chi connectivity index (χ3v) is 7.02. The van der Waals surface area contributed by atoms with Crippen molar-refractivity contribution in [3.05, 3.63) is 64.4 Å². The van der Waals surface area contributed by atoms with E-state index in [0.29, 0.717) is 33.2 Å². The van der Waals surface area contributed by atoms with E-state index in [0.717, 1.165) is 17.3 Å². The topological polar surface area (TPSA) is 113 Å². The summed E-state index contributed by atoms with van der Waals surface area (Å²) in [7, 11) is 0. The quantitative estimate of drug-likeness (QED) is 0.296. The molecule has 1 aromatic heterocycles. The highest BCUT2D eigenvalue weighted by Crippen LogP contribution is 2.27. The first-order valence-electron chi connectivity index (χ1n) is 11.4. The van der Waals surface area contributed by atoms with Crippen molar-refractivity contribution in [1.82, 2.24) is 25.3 Å². The van der Waals surface area contributed by atoms with Gasteiger partial charge in [-0.25, -0.2) is 9.78 Å². The molecule has 1 fully saturated rings. The third kappa shape index (κ3) is 4.53. The van der Waals surface area contributed by atoms with Crippen molar-refractivity contribution in [2.45, 2.75) is 50.7 Å². The van der Waals surface area contributed by atoms with Gasteiger partial charge in [-0.05, 0) is 43.0 Å². The molecule has 1 aliphatic rings. The fraction of sp³-hybridized carbons (Fsp3) is 0.320. The van der Waals surface area contributed by atoms with Gasteiger partial charge in [0.2, 0.25) is 5.91 Å². The van der Waals surface area contributed by atoms with Gasteiger partial charge in [0.15, 0.2) is 5.16 Å². The van der Waals surface area contributed by atoms with Crippen LogP contribution in [0.25, 0.3) is 16.6 Å². The van der Waals surface area contributed by atoms with Crippen molar-refractivity contribution < 1.29 is 14.4 Å². The lowest BCUT2D eigenvalue weighted by atomic mass is 10.00. The van der Waals surface area contributed by atoms with Crippen molar-refractivity contribution in [1.29, 1.82) is 0 Å². The second kappa shape index (κ2) is 9.53. The van der Waals surface area contributed by atoms with Crippen LogP contribution in [0.5, 0.6) is 0 Å². The fourth-order valence-corrected chi connectivity index (χ4v) is 4.71. The summed E-state index contributed by atoms with van der Waals surface area (Å²) in [4.78, 5) is 55.7. The molecule has 0 saturated carbocycles. The Kier molecular flexibility index (Phi) is 6.66. The molecule has 2 heterocycles. The lowest BCUT2D eigenvalue weighted by Crippen LogP contribution is -2.49. The Balaban J connectivity index is 1.67. The number of amides is 4. The lowest BCUT2D eigenvalue weighted by molar-refractivity contribution is -0.137. The van der Waals surface area contributed by atoms with Crippen LogP contribution in [0, 0.1) is 0 Å². The van der Waals surface area contributed by atoms with Crippen molar-refractivity contribution in [3.63, 3.8) is 0 Å². The maximum atomic E-state index is 13.5. The van der Waals surface area contributed by atoms with Crippen LogP contribution < -0.4 is 16.3 Å². The number of urea groups is 1. The number of hydrogen-bond donors (Lipinski definition) is 2. The molecule has 0 bridgehead atoms. The van der Waals surface area contributed by atoms with Crippen molar-refractivity contribution in [2.24, 2.45) is 0 Å². The maximum absolute atomic E-state index is 13.5. The summed E-state index contributed by atoms with van der Waals surface area (Å²) in [5, 5.41) is 4.11. The van der Waals surface area contributed by atoms with E-state index in [2.05, 4.69) is 15.7 Å². The molecular weight excluding hydrogens is 466 g/mol. The second-order valence-electron chi connectivity index (χ2n) is 8.85. The van der Waals surface area contributed by atoms with E-state index in [1.807, 2.05) is 38.1 Å². The monoisotopic (exact) mass is 493 g/mol. The molecule has 3 aromatic rings. The molecular formula is C25H27N5O4S. The Labute approximate surface area is 206 Å². The molecule has 0 spiro atoms. The van der Waals surface area contributed by atoms with E-state index in [1.165, 1.54) is 4.57 Å². The molecule has 1 aliphatic heterocycles. The number of hydrazine groups is 1. The van der Waals surface area contributed by atoms with Crippen molar-refractivity contribution in [2.75, 3.05) is 5.75 Å². The average molecular weight is 494 g/mol. The molecule has 182 valence electrons. The molecule has 2 aromatic carbocycles. The Morgan fingerprint density at radius 1 is 1.11 bits per heavy atom. The van der Waals surface area contributed by atoms with E-state index in [9.17, 15) is 19.2 Å². The van der Waals surface area contributed by atoms with Gasteiger partial charge in [0.25, 0.3) is 11.5 Å². The highest BCUT2D eigenvalue weighted by Gasteiger charge is 2.47. The molecule has 4 rings (SSSR count). The molecule has 2 N–H and O–H groups in total. The molecule has 1 unspecified atom stereocenters. The van der Waals surface area contributed by atoms with E-state index < -0.39 is 23.4 Å². The zero-order valence-electron chi connectivity index (χ0n) is 20.0. The number of nitrogens with zero attached hydrogens (tertiary/aromatic N) is 3. The molecule has 1 saturated heterocycles. The summed E-state index contributed by atoms with van der Waals surface area (Å²) in [5.74, 6) is -1.09. The summed E-state index contributed by atoms with van der Waals surface area (Å²) in [6.45, 7) is 7.47. The summed E-state index contributed by atoms with van der Waals surface area (Å²) in [5.41, 5.74) is 3.27. The van der Waals surface area contributed by atoms with Crippen LogP contribution in [0.2, 0.25) is 0 Å². The van der Waals surface area contributed by atoms with Gasteiger partial charge in [-0.15, -0.1) is 0 Å². The van der Waals surface area contributed by atoms with Gasteiger partial charge in [0, 0.05) is 0 Å². The minimum atomic E-state index is -1.06. The van der Waals surface area contributed by atoms with Crippen LogP contribution in [0.15, 0.2) is 58.5 Å². The molecule has 0 aliphatic carbocycles. The normalized spacial score (nSPS) is 17.8. The maximum Gasteiger partial charge on any atom is 0.344 e. The van der Waals surface area contributed by atoms with Gasteiger partial charge in [-0.3, -0.25) is 24.4 Å². The molecule has 9 nitrogen and oxygen atoms in total. The zero-order valence-corrected chi connectivity index (χ0v) is 20.8. The predicted molar refractivity (Wildman–Crippen MR) is 134 cm³/mol. The van der Waals surface area contributed by atoms with E-state index >= 15 is 0 Å². The van der Waals surface area contributed by atoms with Gasteiger partial charge >= 0.3 is 6.03 Å². The van der Waals surface area contributed by atoms with Crippen LogP contribution >= 0.6 is 11.8 Å². The van der Waals surface area contributed by atoms with E-state index in [4.69, 9.17) is 0 Å². The molecule has 35 heavy (non-hydrogen) atoms. The Hall–Kier alpha value is -3.66. The molecule has 4 amide bonds. The highest BCUT2D eigenvalue weighted by molar-refractivity contribution is 7.99. The van der Waals surface area contributed by atoms with Crippen molar-refractivity contribution in [3.8, 4) is 5.69 Å². The first-order chi connectivity index (χ1) is 16.7. The Bertz CT molecular complexity index is 1390. The number of thioether (sulfide) groups is 1. The number of fused-ring (bicyclic) bond motifs is 1. The SMILES string of the molecule is CCC1(C)NC(=O)N(NC(=O)CSc2nc3ccccc3c(=O)n2-c2ccccc2C(C)C)C1=O. The first kappa shape index (κ1) is 24.5. The van der Waals surface area contributed by atoms with E-state index in [1.54, 1.807) is 38.1 Å². The second-order valence-corrected chi connectivity index (χ2v) is 9.79. The summed E-state index contributed by atoms with van der Waals surface area (Å²) < 4.78 is 1.53. The predicted octanol–water partition coefficient (Wildman–Crippen LogP) is 3.35. The molecule has 0 radical (unpaired) electrons. The van der Waals surface area contributed by atoms with Gasteiger partial charge in [-0.1, -0.05) is 62.9 Å². The number of rotatable bonds is 7. The van der Waals surface area contributed by atoms with Gasteiger partial charge in [-0.2, -0.15) is 5.01 Å². The van der Waals surface area contributed by atoms with Crippen LogP contribution in [-0.2, 0) is 9.59 Å². The average Bonchev–Trinajstić information content (AvgIpc) is 3.06. The van der Waals surface area contributed by atoms with Crippen molar-refractivity contribution >= 4 is 40.5 Å². The number of benzene rings is 2.